The summed E-state index contributed by atoms with van der Waals surface area (Å²) >= 11 is 5.74. The molecule has 0 radical (unpaired) electrons. The topological polar surface area (TPSA) is 65.3 Å². The molecule has 10 heteroatoms. The number of rotatable bonds is 2. The first kappa shape index (κ1) is 16.5. The Morgan fingerprint density at radius 3 is 2.27 bits per heavy atom. The SMILES string of the molecule is O=C1[C@@H]2[C@@H](N=NN2c2ccc(F)c(Cl)c2)C(=O)N1c1ccc(F)c(F)c1. The molecule has 4 rings (SSSR count). The third kappa shape index (κ3) is 2.35. The van der Waals surface area contributed by atoms with Crippen LogP contribution >= 0.6 is 11.6 Å². The molecule has 0 bridgehead atoms. The van der Waals surface area contributed by atoms with Gasteiger partial charge in [0.25, 0.3) is 11.8 Å². The molecule has 132 valence electrons. The molecule has 0 spiro atoms. The Balaban J connectivity index is 1.71. The van der Waals surface area contributed by atoms with E-state index in [1.165, 1.54) is 12.1 Å². The second-order valence-electron chi connectivity index (χ2n) is 5.65. The van der Waals surface area contributed by atoms with Gasteiger partial charge < -0.3 is 0 Å². The van der Waals surface area contributed by atoms with Crippen molar-refractivity contribution in [3.05, 3.63) is 58.9 Å². The van der Waals surface area contributed by atoms with E-state index in [0.717, 1.165) is 34.2 Å². The number of hydrogen-bond donors (Lipinski definition) is 0. The third-order valence-electron chi connectivity index (χ3n) is 4.11. The Bertz CT molecular complexity index is 984. The largest absolute Gasteiger partial charge is 0.271 e. The Morgan fingerprint density at radius 2 is 1.58 bits per heavy atom. The van der Waals surface area contributed by atoms with E-state index in [2.05, 4.69) is 10.3 Å². The average molecular weight is 381 g/mol. The number of anilines is 2. The minimum atomic E-state index is -1.19. The highest BCUT2D eigenvalue weighted by molar-refractivity contribution is 6.31. The molecule has 2 aliphatic heterocycles. The van der Waals surface area contributed by atoms with Crippen LogP contribution in [0.25, 0.3) is 0 Å². The molecular weight excluding hydrogens is 373 g/mol. The van der Waals surface area contributed by atoms with Gasteiger partial charge in [-0.2, -0.15) is 5.11 Å². The number of benzene rings is 2. The Labute approximate surface area is 149 Å². The Morgan fingerprint density at radius 1 is 0.885 bits per heavy atom. The fraction of sp³-hybridized carbons (Fsp3) is 0.125. The van der Waals surface area contributed by atoms with Crippen molar-refractivity contribution in [3.63, 3.8) is 0 Å². The van der Waals surface area contributed by atoms with E-state index >= 15 is 0 Å². The molecule has 2 amide bonds. The minimum Gasteiger partial charge on any atom is -0.271 e. The van der Waals surface area contributed by atoms with Crippen molar-refractivity contribution in [1.29, 1.82) is 0 Å². The van der Waals surface area contributed by atoms with Crippen LogP contribution in [0.15, 0.2) is 46.7 Å². The molecule has 0 aromatic heterocycles. The predicted octanol–water partition coefficient (Wildman–Crippen LogP) is 3.26. The van der Waals surface area contributed by atoms with Crippen molar-refractivity contribution >= 4 is 34.8 Å². The molecule has 0 N–H and O–H groups in total. The van der Waals surface area contributed by atoms with Gasteiger partial charge in [0.15, 0.2) is 23.7 Å². The summed E-state index contributed by atoms with van der Waals surface area (Å²) in [5, 5.41) is 8.55. The molecule has 6 nitrogen and oxygen atoms in total. The van der Waals surface area contributed by atoms with E-state index in [4.69, 9.17) is 11.6 Å². The molecule has 2 aromatic carbocycles. The lowest BCUT2D eigenvalue weighted by Gasteiger charge is -2.20. The summed E-state index contributed by atoms with van der Waals surface area (Å²) in [6, 6.07) is 4.11. The van der Waals surface area contributed by atoms with Crippen LogP contribution in [-0.2, 0) is 9.59 Å². The number of amides is 2. The highest BCUT2D eigenvalue weighted by atomic mass is 35.5. The quantitative estimate of drug-likeness (QED) is 0.751. The third-order valence-corrected chi connectivity index (χ3v) is 4.40. The molecule has 1 fully saturated rings. The lowest BCUT2D eigenvalue weighted by atomic mass is 10.1. The molecule has 0 saturated carbocycles. The number of carbonyl (C=O) groups excluding carboxylic acids is 2. The van der Waals surface area contributed by atoms with Gasteiger partial charge >= 0.3 is 0 Å². The molecule has 2 aromatic rings. The number of hydrogen-bond acceptors (Lipinski definition) is 5. The zero-order chi connectivity index (χ0) is 18.6. The highest BCUT2D eigenvalue weighted by Gasteiger charge is 2.55. The van der Waals surface area contributed by atoms with Crippen LogP contribution in [0.4, 0.5) is 24.5 Å². The fourth-order valence-corrected chi connectivity index (χ4v) is 3.05. The van der Waals surface area contributed by atoms with Gasteiger partial charge in [-0.15, -0.1) is 0 Å². The van der Waals surface area contributed by atoms with Gasteiger partial charge in [-0.3, -0.25) is 9.59 Å². The van der Waals surface area contributed by atoms with Crippen LogP contribution in [0.5, 0.6) is 0 Å². The summed E-state index contributed by atoms with van der Waals surface area (Å²) in [4.78, 5) is 26.0. The smallest absolute Gasteiger partial charge is 0.263 e. The van der Waals surface area contributed by atoms with Crippen molar-refractivity contribution in [2.75, 3.05) is 9.91 Å². The molecule has 0 aliphatic carbocycles. The second kappa shape index (κ2) is 5.80. The molecule has 0 unspecified atom stereocenters. The lowest BCUT2D eigenvalue weighted by molar-refractivity contribution is -0.121. The number of nitrogens with zero attached hydrogens (tertiary/aromatic N) is 4. The first-order valence-corrected chi connectivity index (χ1v) is 7.74. The van der Waals surface area contributed by atoms with E-state index in [0.29, 0.717) is 0 Å². The lowest BCUT2D eigenvalue weighted by Crippen LogP contribution is -2.40. The van der Waals surface area contributed by atoms with E-state index in [9.17, 15) is 22.8 Å². The van der Waals surface area contributed by atoms with Crippen LogP contribution in [0.2, 0.25) is 5.02 Å². The molecule has 1 saturated heterocycles. The van der Waals surface area contributed by atoms with Crippen molar-refractivity contribution in [3.8, 4) is 0 Å². The molecular formula is C16H8ClF3N4O2. The average Bonchev–Trinajstić information content (AvgIpc) is 3.14. The van der Waals surface area contributed by atoms with Crippen molar-refractivity contribution < 1.29 is 22.8 Å². The van der Waals surface area contributed by atoms with Gasteiger partial charge in [-0.05, 0) is 30.3 Å². The number of imide groups is 1. The standard InChI is InChI=1S/C16H8ClF3N4O2/c17-9-5-8(2-3-10(9)18)24-14-13(21-22-24)15(25)23(16(14)26)7-1-4-11(19)12(20)6-7/h1-6,13-14H/t13-,14+/m1/s1. The normalized spacial score (nSPS) is 21.7. The predicted molar refractivity (Wildman–Crippen MR) is 85.2 cm³/mol. The van der Waals surface area contributed by atoms with E-state index in [-0.39, 0.29) is 16.4 Å². The van der Waals surface area contributed by atoms with Crippen LogP contribution in [0.1, 0.15) is 0 Å². The first-order chi connectivity index (χ1) is 12.4. The number of carbonyl (C=O) groups is 2. The van der Waals surface area contributed by atoms with E-state index in [1.54, 1.807) is 0 Å². The first-order valence-electron chi connectivity index (χ1n) is 7.36. The van der Waals surface area contributed by atoms with Gasteiger partial charge in [0.1, 0.15) is 5.82 Å². The number of fused-ring (bicyclic) bond motifs is 1. The summed E-state index contributed by atoms with van der Waals surface area (Å²) in [5.41, 5.74) is 0.154. The van der Waals surface area contributed by atoms with Crippen LogP contribution in [0, 0.1) is 17.5 Å². The van der Waals surface area contributed by atoms with Crippen molar-refractivity contribution in [1.82, 2.24) is 0 Å². The number of halogens is 4. The van der Waals surface area contributed by atoms with Gasteiger partial charge in [-0.1, -0.05) is 16.8 Å². The summed E-state index contributed by atoms with van der Waals surface area (Å²) in [5.74, 6) is -4.37. The monoisotopic (exact) mass is 380 g/mol. The molecule has 2 aliphatic rings. The Hall–Kier alpha value is -2.94. The zero-order valence-corrected chi connectivity index (χ0v) is 13.5. The maximum Gasteiger partial charge on any atom is 0.263 e. The highest BCUT2D eigenvalue weighted by Crippen LogP contribution is 2.36. The summed E-state index contributed by atoms with van der Waals surface area (Å²) < 4.78 is 39.9. The van der Waals surface area contributed by atoms with Crippen LogP contribution < -0.4 is 9.91 Å². The van der Waals surface area contributed by atoms with Crippen molar-refractivity contribution in [2.45, 2.75) is 12.1 Å². The molecule has 26 heavy (non-hydrogen) atoms. The summed E-state index contributed by atoms with van der Waals surface area (Å²) in [7, 11) is 0. The fourth-order valence-electron chi connectivity index (χ4n) is 2.88. The van der Waals surface area contributed by atoms with Crippen LogP contribution in [-0.4, -0.2) is 23.9 Å². The molecule has 2 atom stereocenters. The zero-order valence-electron chi connectivity index (χ0n) is 12.7. The maximum atomic E-state index is 13.5. The minimum absolute atomic E-state index is 0.111. The van der Waals surface area contributed by atoms with Gasteiger partial charge in [0, 0.05) is 6.07 Å². The Kier molecular flexibility index (Phi) is 3.69. The summed E-state index contributed by atoms with van der Waals surface area (Å²) in [6.45, 7) is 0. The molecule has 2 heterocycles. The second-order valence-corrected chi connectivity index (χ2v) is 6.06. The maximum absolute atomic E-state index is 13.5. The van der Waals surface area contributed by atoms with E-state index in [1.807, 2.05) is 0 Å². The van der Waals surface area contributed by atoms with Gasteiger partial charge in [0.05, 0.1) is 16.4 Å². The van der Waals surface area contributed by atoms with Gasteiger partial charge in [-0.25, -0.2) is 23.1 Å². The van der Waals surface area contributed by atoms with E-state index < -0.39 is 41.3 Å². The van der Waals surface area contributed by atoms with Crippen LogP contribution in [0.3, 0.4) is 0 Å². The summed E-state index contributed by atoms with van der Waals surface area (Å²) in [6.07, 6.45) is 0. The van der Waals surface area contributed by atoms with Gasteiger partial charge in [0.2, 0.25) is 0 Å². The van der Waals surface area contributed by atoms with Crippen molar-refractivity contribution in [2.24, 2.45) is 10.3 Å².